The summed E-state index contributed by atoms with van der Waals surface area (Å²) in [5, 5.41) is 0. The second-order valence-corrected chi connectivity index (χ2v) is 5.79. The lowest BCUT2D eigenvalue weighted by Crippen LogP contribution is -2.49. The number of nitrogens with zero attached hydrogens (tertiary/aromatic N) is 3. The monoisotopic (exact) mass is 287 g/mol. The lowest BCUT2D eigenvalue weighted by Gasteiger charge is -2.35. The fraction of sp³-hybridized carbons (Fsp3) is 0.500. The largest absolute Gasteiger partial charge is 0.372 e. The molecular formula is C16H21N3O2. The van der Waals surface area contributed by atoms with Crippen molar-refractivity contribution < 1.29 is 9.53 Å². The van der Waals surface area contributed by atoms with Gasteiger partial charge in [-0.15, -0.1) is 0 Å². The van der Waals surface area contributed by atoms with E-state index >= 15 is 0 Å². The van der Waals surface area contributed by atoms with Crippen LogP contribution >= 0.6 is 0 Å². The number of carbonyl (C=O) groups is 1. The molecule has 3 rings (SSSR count). The van der Waals surface area contributed by atoms with E-state index in [4.69, 9.17) is 4.74 Å². The van der Waals surface area contributed by atoms with Gasteiger partial charge in [-0.2, -0.15) is 0 Å². The fourth-order valence-electron chi connectivity index (χ4n) is 3.01. The molecule has 1 aromatic heterocycles. The van der Waals surface area contributed by atoms with Gasteiger partial charge in [-0.3, -0.25) is 4.79 Å². The van der Waals surface area contributed by atoms with E-state index in [-0.39, 0.29) is 18.1 Å². The van der Waals surface area contributed by atoms with Crippen LogP contribution in [0.15, 0.2) is 24.3 Å². The van der Waals surface area contributed by atoms with Gasteiger partial charge in [0.25, 0.3) is 0 Å². The number of aromatic nitrogens is 2. The fourth-order valence-corrected chi connectivity index (χ4v) is 3.01. The minimum Gasteiger partial charge on any atom is -0.372 e. The summed E-state index contributed by atoms with van der Waals surface area (Å²) < 4.78 is 7.67. The van der Waals surface area contributed by atoms with E-state index in [9.17, 15) is 4.79 Å². The molecule has 112 valence electrons. The van der Waals surface area contributed by atoms with Gasteiger partial charge in [-0.25, -0.2) is 4.98 Å². The average Bonchev–Trinajstić information content (AvgIpc) is 2.74. The summed E-state index contributed by atoms with van der Waals surface area (Å²) in [6.07, 6.45) is 0.191. The van der Waals surface area contributed by atoms with Gasteiger partial charge in [0, 0.05) is 13.1 Å². The van der Waals surface area contributed by atoms with Crippen LogP contribution in [0.1, 0.15) is 19.7 Å². The first-order valence-electron chi connectivity index (χ1n) is 7.39. The second-order valence-electron chi connectivity index (χ2n) is 5.79. The highest BCUT2D eigenvalue weighted by atomic mass is 16.5. The minimum atomic E-state index is 0.0957. The zero-order valence-electron chi connectivity index (χ0n) is 12.7. The van der Waals surface area contributed by atoms with E-state index in [1.54, 1.807) is 0 Å². The Kier molecular flexibility index (Phi) is 3.68. The summed E-state index contributed by atoms with van der Waals surface area (Å²) in [7, 11) is 0. The van der Waals surface area contributed by atoms with Gasteiger partial charge in [0.15, 0.2) is 0 Å². The Balaban J connectivity index is 1.81. The van der Waals surface area contributed by atoms with E-state index in [1.807, 2.05) is 54.5 Å². The molecular weight excluding hydrogens is 266 g/mol. The molecule has 2 atom stereocenters. The Bertz CT molecular complexity index is 655. The molecule has 5 heteroatoms. The maximum Gasteiger partial charge on any atom is 0.242 e. The van der Waals surface area contributed by atoms with Crippen LogP contribution in [0.5, 0.6) is 0 Å². The molecule has 21 heavy (non-hydrogen) atoms. The van der Waals surface area contributed by atoms with Crippen LogP contribution in [-0.2, 0) is 16.1 Å². The zero-order valence-corrected chi connectivity index (χ0v) is 12.7. The lowest BCUT2D eigenvalue weighted by atomic mass is 10.2. The molecule has 0 bridgehead atoms. The van der Waals surface area contributed by atoms with Crippen LogP contribution < -0.4 is 0 Å². The number of hydrogen-bond donors (Lipinski definition) is 0. The maximum absolute atomic E-state index is 12.6. The first kappa shape index (κ1) is 14.1. The van der Waals surface area contributed by atoms with Gasteiger partial charge in [0.1, 0.15) is 12.4 Å². The molecule has 0 radical (unpaired) electrons. The van der Waals surface area contributed by atoms with Crippen molar-refractivity contribution in [3.05, 3.63) is 30.1 Å². The van der Waals surface area contributed by atoms with Gasteiger partial charge >= 0.3 is 0 Å². The van der Waals surface area contributed by atoms with Crippen molar-refractivity contribution >= 4 is 16.9 Å². The number of aryl methyl sites for hydroxylation is 1. The van der Waals surface area contributed by atoms with E-state index < -0.39 is 0 Å². The van der Waals surface area contributed by atoms with Crippen LogP contribution in [-0.4, -0.2) is 45.7 Å². The standard InChI is InChI=1S/C16H21N3O2/c1-11-8-18(9-12(2)21-11)16(20)10-19-13(3)17-14-6-4-5-7-15(14)19/h4-7,11-12H,8-10H2,1-3H3/t11-,12-/m1/s1. The first-order valence-corrected chi connectivity index (χ1v) is 7.39. The van der Waals surface area contributed by atoms with E-state index in [1.165, 1.54) is 0 Å². The number of ether oxygens (including phenoxy) is 1. The number of imidazole rings is 1. The predicted molar refractivity (Wildman–Crippen MR) is 81.1 cm³/mol. The van der Waals surface area contributed by atoms with Crippen LogP contribution in [0.3, 0.4) is 0 Å². The molecule has 1 aliphatic heterocycles. The van der Waals surface area contributed by atoms with Crippen molar-refractivity contribution in [1.82, 2.24) is 14.5 Å². The molecule has 0 N–H and O–H groups in total. The Morgan fingerprint density at radius 2 is 1.95 bits per heavy atom. The molecule has 2 heterocycles. The maximum atomic E-state index is 12.6. The SMILES string of the molecule is Cc1nc2ccccc2n1CC(=O)N1C[C@@H](C)O[C@H](C)C1. The topological polar surface area (TPSA) is 47.4 Å². The van der Waals surface area contributed by atoms with Crippen molar-refractivity contribution in [2.75, 3.05) is 13.1 Å². The number of benzene rings is 1. The number of para-hydroxylation sites is 2. The smallest absolute Gasteiger partial charge is 0.242 e. The summed E-state index contributed by atoms with van der Waals surface area (Å²) in [5.41, 5.74) is 1.95. The highest BCUT2D eigenvalue weighted by Gasteiger charge is 2.26. The van der Waals surface area contributed by atoms with Crippen molar-refractivity contribution in [3.63, 3.8) is 0 Å². The number of carbonyl (C=O) groups excluding carboxylic acids is 1. The summed E-state index contributed by atoms with van der Waals surface area (Å²) in [6, 6.07) is 7.92. The van der Waals surface area contributed by atoms with E-state index in [2.05, 4.69) is 4.98 Å². The Morgan fingerprint density at radius 3 is 2.67 bits per heavy atom. The van der Waals surface area contributed by atoms with Crippen molar-refractivity contribution in [1.29, 1.82) is 0 Å². The molecule has 0 aliphatic carbocycles. The molecule has 0 spiro atoms. The van der Waals surface area contributed by atoms with Gasteiger partial charge in [-0.05, 0) is 32.9 Å². The van der Waals surface area contributed by atoms with Crippen molar-refractivity contribution in [2.24, 2.45) is 0 Å². The van der Waals surface area contributed by atoms with Crippen LogP contribution in [0, 0.1) is 6.92 Å². The molecule has 1 aromatic carbocycles. The second kappa shape index (κ2) is 5.48. The lowest BCUT2D eigenvalue weighted by molar-refractivity contribution is -0.143. The summed E-state index contributed by atoms with van der Waals surface area (Å²) in [6.45, 7) is 7.62. The van der Waals surface area contributed by atoms with E-state index in [0.717, 1.165) is 16.9 Å². The van der Waals surface area contributed by atoms with Crippen molar-refractivity contribution in [2.45, 2.75) is 39.5 Å². The van der Waals surface area contributed by atoms with Crippen LogP contribution in [0.4, 0.5) is 0 Å². The Labute approximate surface area is 124 Å². The molecule has 0 unspecified atom stereocenters. The third-order valence-electron chi connectivity index (χ3n) is 3.91. The molecule has 1 amide bonds. The van der Waals surface area contributed by atoms with Gasteiger partial charge in [-0.1, -0.05) is 12.1 Å². The van der Waals surface area contributed by atoms with Crippen LogP contribution in [0.25, 0.3) is 11.0 Å². The highest BCUT2D eigenvalue weighted by Crippen LogP contribution is 2.17. The predicted octanol–water partition coefficient (Wildman–Crippen LogP) is 1.98. The number of fused-ring (bicyclic) bond motifs is 1. The summed E-state index contributed by atoms with van der Waals surface area (Å²) in [4.78, 5) is 19.0. The van der Waals surface area contributed by atoms with Gasteiger partial charge in [0.05, 0.1) is 23.2 Å². The Morgan fingerprint density at radius 1 is 1.29 bits per heavy atom. The summed E-state index contributed by atoms with van der Waals surface area (Å²) in [5.74, 6) is 1.00. The minimum absolute atomic E-state index is 0.0957. The number of hydrogen-bond acceptors (Lipinski definition) is 3. The third-order valence-corrected chi connectivity index (χ3v) is 3.91. The quantitative estimate of drug-likeness (QED) is 0.848. The van der Waals surface area contributed by atoms with Crippen LogP contribution in [0.2, 0.25) is 0 Å². The molecule has 5 nitrogen and oxygen atoms in total. The number of morpholine rings is 1. The van der Waals surface area contributed by atoms with Crippen molar-refractivity contribution in [3.8, 4) is 0 Å². The third kappa shape index (κ3) is 2.78. The molecule has 1 saturated heterocycles. The van der Waals surface area contributed by atoms with Gasteiger partial charge in [0.2, 0.25) is 5.91 Å². The molecule has 1 aliphatic rings. The number of amides is 1. The first-order chi connectivity index (χ1) is 10.0. The van der Waals surface area contributed by atoms with Gasteiger partial charge < -0.3 is 14.2 Å². The molecule has 0 saturated carbocycles. The number of rotatable bonds is 2. The van der Waals surface area contributed by atoms with E-state index in [0.29, 0.717) is 19.6 Å². The summed E-state index contributed by atoms with van der Waals surface area (Å²) >= 11 is 0. The molecule has 1 fully saturated rings. The average molecular weight is 287 g/mol. The zero-order chi connectivity index (χ0) is 15.0. The normalized spacial score (nSPS) is 22.7. The Hall–Kier alpha value is -1.88. The highest BCUT2D eigenvalue weighted by molar-refractivity contribution is 5.81. The molecule has 2 aromatic rings.